The molecule has 228 valence electrons. The Hall–Kier alpha value is -2.26. The highest BCUT2D eigenvalue weighted by atomic mass is 32.2. The molecule has 2 N–H and O–H groups in total. The quantitative estimate of drug-likeness (QED) is 0.400. The third-order valence-corrected chi connectivity index (χ3v) is 8.39. The third kappa shape index (κ3) is 11.7. The Morgan fingerprint density at radius 1 is 1.05 bits per heavy atom. The van der Waals surface area contributed by atoms with Gasteiger partial charge in [-0.2, -0.15) is 17.5 Å². The van der Waals surface area contributed by atoms with E-state index in [0.717, 1.165) is 64.3 Å². The number of piperazine rings is 1. The molecule has 0 bridgehead atoms. The Kier molecular flexibility index (Phi) is 13.8. The molecule has 0 atom stereocenters. The number of hydrogen-bond donors (Lipinski definition) is 2. The van der Waals surface area contributed by atoms with Gasteiger partial charge >= 0.3 is 12.1 Å². The molecule has 0 aliphatic carbocycles. The van der Waals surface area contributed by atoms with Crippen molar-refractivity contribution in [3.8, 4) is 0 Å². The number of benzene rings is 1. The average molecular weight is 595 g/mol. The van der Waals surface area contributed by atoms with Crippen LogP contribution in [0.25, 0.3) is 0 Å². The lowest BCUT2D eigenvalue weighted by atomic mass is 10.0. The minimum Gasteiger partial charge on any atom is -0.475 e. The van der Waals surface area contributed by atoms with E-state index in [1.54, 1.807) is 12.1 Å². The van der Waals surface area contributed by atoms with E-state index in [1.807, 2.05) is 17.0 Å². The van der Waals surface area contributed by atoms with Crippen LogP contribution in [0.5, 0.6) is 0 Å². The van der Waals surface area contributed by atoms with Crippen LogP contribution in [0.1, 0.15) is 32.3 Å². The Bertz CT molecular complexity index is 1030. The second kappa shape index (κ2) is 16.2. The van der Waals surface area contributed by atoms with Crippen molar-refractivity contribution >= 4 is 21.9 Å². The number of hydrogen-bond acceptors (Lipinski definition) is 7. The van der Waals surface area contributed by atoms with Crippen molar-refractivity contribution < 1.29 is 41.0 Å². The molecule has 2 aliphatic rings. The van der Waals surface area contributed by atoms with Crippen LogP contribution in [-0.4, -0.2) is 118 Å². The molecule has 10 nitrogen and oxygen atoms in total. The van der Waals surface area contributed by atoms with Gasteiger partial charge in [0.15, 0.2) is 0 Å². The van der Waals surface area contributed by atoms with E-state index in [1.165, 1.54) is 4.31 Å². The van der Waals surface area contributed by atoms with Crippen molar-refractivity contribution in [1.29, 1.82) is 0 Å². The van der Waals surface area contributed by atoms with Gasteiger partial charge in [-0.1, -0.05) is 26.0 Å². The topological polar surface area (TPSA) is 119 Å². The van der Waals surface area contributed by atoms with Gasteiger partial charge in [-0.25, -0.2) is 13.2 Å². The Morgan fingerprint density at radius 2 is 1.62 bits per heavy atom. The van der Waals surface area contributed by atoms with Crippen LogP contribution < -0.4 is 5.32 Å². The Balaban J connectivity index is 0.000000708. The van der Waals surface area contributed by atoms with Crippen molar-refractivity contribution in [2.24, 2.45) is 5.92 Å². The first-order valence-electron chi connectivity index (χ1n) is 13.5. The van der Waals surface area contributed by atoms with Crippen LogP contribution in [0.15, 0.2) is 29.2 Å². The van der Waals surface area contributed by atoms with Crippen LogP contribution in [0.2, 0.25) is 0 Å². The molecule has 2 saturated heterocycles. The highest BCUT2D eigenvalue weighted by molar-refractivity contribution is 7.89. The van der Waals surface area contributed by atoms with Gasteiger partial charge < -0.3 is 20.1 Å². The van der Waals surface area contributed by atoms with E-state index in [2.05, 4.69) is 24.1 Å². The summed E-state index contributed by atoms with van der Waals surface area (Å²) >= 11 is 0. The van der Waals surface area contributed by atoms with Gasteiger partial charge in [0.1, 0.15) is 0 Å². The number of halogens is 3. The number of carboxylic acids is 1. The summed E-state index contributed by atoms with van der Waals surface area (Å²) < 4.78 is 65.6. The lowest BCUT2D eigenvalue weighted by molar-refractivity contribution is -0.192. The maximum atomic E-state index is 13.5. The van der Waals surface area contributed by atoms with Crippen LogP contribution in [0.4, 0.5) is 13.2 Å². The molecule has 14 heteroatoms. The first kappa shape index (κ1) is 33.9. The fraction of sp³-hybridized carbons (Fsp3) is 0.692. The molecule has 0 spiro atoms. The Morgan fingerprint density at radius 3 is 2.15 bits per heavy atom. The molecule has 1 aromatic rings. The van der Waals surface area contributed by atoms with Gasteiger partial charge in [0.2, 0.25) is 15.9 Å². The lowest BCUT2D eigenvalue weighted by Crippen LogP contribution is -2.47. The number of carbonyl (C=O) groups excluding carboxylic acids is 1. The molecular formula is C26H41F3N4O6S. The van der Waals surface area contributed by atoms with Crippen LogP contribution in [-0.2, 0) is 30.8 Å². The van der Waals surface area contributed by atoms with E-state index < -0.39 is 22.2 Å². The molecule has 1 aromatic carbocycles. The van der Waals surface area contributed by atoms with Crippen LogP contribution in [0.3, 0.4) is 0 Å². The number of alkyl halides is 3. The number of sulfonamides is 1. The molecule has 1 amide bonds. The molecule has 2 fully saturated rings. The van der Waals surface area contributed by atoms with Crippen molar-refractivity contribution in [3.05, 3.63) is 29.8 Å². The van der Waals surface area contributed by atoms with Crippen molar-refractivity contribution in [3.63, 3.8) is 0 Å². The molecule has 2 aliphatic heterocycles. The van der Waals surface area contributed by atoms with E-state index in [0.29, 0.717) is 30.4 Å². The smallest absolute Gasteiger partial charge is 0.475 e. The second-order valence-electron chi connectivity index (χ2n) is 10.1. The first-order chi connectivity index (χ1) is 18.8. The molecular weight excluding hydrogens is 553 g/mol. The van der Waals surface area contributed by atoms with E-state index in [-0.39, 0.29) is 18.9 Å². The van der Waals surface area contributed by atoms with Crippen molar-refractivity contribution in [2.45, 2.75) is 44.2 Å². The number of carbonyl (C=O) groups is 2. The molecule has 0 saturated carbocycles. The van der Waals surface area contributed by atoms with Crippen LogP contribution in [0, 0.1) is 5.92 Å². The van der Waals surface area contributed by atoms with Gasteiger partial charge in [-0.3, -0.25) is 9.69 Å². The number of carboxylic acid groups (broad SMARTS) is 1. The Labute approximate surface area is 234 Å². The second-order valence-corrected chi connectivity index (χ2v) is 12.1. The fourth-order valence-electron chi connectivity index (χ4n) is 4.36. The summed E-state index contributed by atoms with van der Waals surface area (Å²) in [5.74, 6) is -2.22. The lowest BCUT2D eigenvalue weighted by Gasteiger charge is -2.30. The molecule has 0 radical (unpaired) electrons. The monoisotopic (exact) mass is 594 g/mol. The predicted octanol–water partition coefficient (Wildman–Crippen LogP) is 2.05. The molecule has 3 rings (SSSR count). The van der Waals surface area contributed by atoms with Gasteiger partial charge in [-0.05, 0) is 43.0 Å². The predicted molar refractivity (Wildman–Crippen MR) is 143 cm³/mol. The summed E-state index contributed by atoms with van der Waals surface area (Å²) in [6.07, 6.45) is -3.22. The summed E-state index contributed by atoms with van der Waals surface area (Å²) in [7, 11) is -3.67. The first-order valence-corrected chi connectivity index (χ1v) is 14.9. The summed E-state index contributed by atoms with van der Waals surface area (Å²) in [5, 5.41) is 10.4. The van der Waals surface area contributed by atoms with E-state index in [9.17, 15) is 26.4 Å². The van der Waals surface area contributed by atoms with Gasteiger partial charge in [0.25, 0.3) is 0 Å². The van der Waals surface area contributed by atoms with Crippen LogP contribution >= 0.6 is 0 Å². The van der Waals surface area contributed by atoms with E-state index >= 15 is 0 Å². The number of ether oxygens (including phenoxy) is 1. The number of nitrogens with zero attached hydrogens (tertiary/aromatic N) is 3. The number of nitrogens with one attached hydrogen (secondary N) is 1. The summed E-state index contributed by atoms with van der Waals surface area (Å²) in [4.78, 5) is 26.0. The largest absolute Gasteiger partial charge is 0.490 e. The van der Waals surface area contributed by atoms with Crippen molar-refractivity contribution in [1.82, 2.24) is 19.4 Å². The van der Waals surface area contributed by atoms with Gasteiger partial charge in [0, 0.05) is 58.8 Å². The van der Waals surface area contributed by atoms with Gasteiger partial charge in [-0.15, -0.1) is 0 Å². The maximum Gasteiger partial charge on any atom is 0.490 e. The number of morpholine rings is 1. The summed E-state index contributed by atoms with van der Waals surface area (Å²) in [5.41, 5.74) is 1.14. The molecule has 0 unspecified atom stereocenters. The average Bonchev–Trinajstić information content (AvgIpc) is 2.91. The summed E-state index contributed by atoms with van der Waals surface area (Å²) in [6.45, 7) is 11.9. The SMILES string of the molecule is CC(C)Cc1ccc(S(=O)(=O)N(CCCN2CCOCC2)CCC(=O)N2CCNCC2)cc1.O=C(O)C(F)(F)F. The highest BCUT2D eigenvalue weighted by Gasteiger charge is 2.38. The minimum atomic E-state index is -5.08. The number of rotatable bonds is 11. The zero-order valence-electron chi connectivity index (χ0n) is 23.2. The van der Waals surface area contributed by atoms with E-state index in [4.69, 9.17) is 14.6 Å². The number of aliphatic carboxylic acids is 1. The normalized spacial score (nSPS) is 17.0. The fourth-order valence-corrected chi connectivity index (χ4v) is 5.84. The highest BCUT2D eigenvalue weighted by Crippen LogP contribution is 2.19. The van der Waals surface area contributed by atoms with Crippen molar-refractivity contribution in [2.75, 3.05) is 72.1 Å². The summed E-state index contributed by atoms with van der Waals surface area (Å²) in [6, 6.07) is 7.23. The zero-order chi connectivity index (χ0) is 29.8. The molecule has 0 aromatic heterocycles. The molecule has 40 heavy (non-hydrogen) atoms. The van der Waals surface area contributed by atoms with Gasteiger partial charge in [0.05, 0.1) is 18.1 Å². The zero-order valence-corrected chi connectivity index (χ0v) is 24.0. The standard InChI is InChI=1S/C24H40N4O4S.C2HF3O2/c1-21(2)20-22-4-6-23(7-5-22)33(30,31)28(12-3-11-26-16-18-32-19-17-26)13-8-24(29)27-14-9-25-10-15-27;3-2(4,5)1(6)7/h4-7,21,25H,3,8-20H2,1-2H3;(H,6,7). The number of amides is 1. The maximum absolute atomic E-state index is 13.5. The third-order valence-electron chi connectivity index (χ3n) is 6.48. The minimum absolute atomic E-state index is 0.0251. The molecule has 2 heterocycles.